The van der Waals surface area contributed by atoms with Crippen LogP contribution in [0, 0.1) is 0 Å². The fourth-order valence-corrected chi connectivity index (χ4v) is 4.94. The number of hydrogen-bond donors (Lipinski definition) is 2. The van der Waals surface area contributed by atoms with Crippen molar-refractivity contribution in [2.45, 2.75) is 23.9 Å². The van der Waals surface area contributed by atoms with Crippen LogP contribution in [0.3, 0.4) is 0 Å². The van der Waals surface area contributed by atoms with Crippen LogP contribution in [0.15, 0.2) is 24.3 Å². The van der Waals surface area contributed by atoms with Crippen LogP contribution in [0.1, 0.15) is 27.7 Å². The van der Waals surface area contributed by atoms with Gasteiger partial charge < -0.3 is 15.3 Å². The predicted molar refractivity (Wildman–Crippen MR) is 94.2 cm³/mol. The number of thioether (sulfide) groups is 2. The standard InChI is InChI=1S/C16H18N2O4S2/c1-23-7-6-11(16(21)22)17-13(19)12-8-24-15-10-5-3-2-4-9(10)14(20)18(12)15/h2-5,11-12,15H,6-8H2,1H3,(H,17,19)(H,21,22)/t11-,12+,15-/m0/s1. The normalized spacial score (nSPS) is 22.9. The van der Waals surface area contributed by atoms with Crippen LogP contribution in [-0.2, 0) is 9.59 Å². The van der Waals surface area contributed by atoms with Gasteiger partial charge in [-0.1, -0.05) is 18.2 Å². The topological polar surface area (TPSA) is 86.7 Å². The molecule has 0 radical (unpaired) electrons. The van der Waals surface area contributed by atoms with Crippen molar-refractivity contribution in [2.75, 3.05) is 17.8 Å². The molecule has 0 spiro atoms. The third-order valence-electron chi connectivity index (χ3n) is 4.22. The summed E-state index contributed by atoms with van der Waals surface area (Å²) in [6.07, 6.45) is 2.25. The zero-order valence-corrected chi connectivity index (χ0v) is 14.7. The number of fused-ring (bicyclic) bond motifs is 3. The third-order valence-corrected chi connectivity index (χ3v) is 6.17. The fourth-order valence-electron chi connectivity index (χ4n) is 3.00. The van der Waals surface area contributed by atoms with E-state index in [1.165, 1.54) is 11.8 Å². The van der Waals surface area contributed by atoms with Crippen LogP contribution in [-0.4, -0.2) is 57.6 Å². The number of hydrogen-bond acceptors (Lipinski definition) is 5. The first-order valence-electron chi connectivity index (χ1n) is 7.60. The number of nitrogens with zero attached hydrogens (tertiary/aromatic N) is 1. The Morgan fingerprint density at radius 2 is 2.21 bits per heavy atom. The molecule has 0 aliphatic carbocycles. The fraction of sp³-hybridized carbons (Fsp3) is 0.438. The Bertz CT molecular complexity index is 682. The van der Waals surface area contributed by atoms with Crippen LogP contribution in [0.5, 0.6) is 0 Å². The Morgan fingerprint density at radius 1 is 1.46 bits per heavy atom. The zero-order valence-electron chi connectivity index (χ0n) is 13.1. The molecule has 3 atom stereocenters. The third kappa shape index (κ3) is 3.00. The number of carboxylic acids is 1. The highest BCUT2D eigenvalue weighted by atomic mass is 32.2. The van der Waals surface area contributed by atoms with Crippen molar-refractivity contribution in [3.63, 3.8) is 0 Å². The van der Waals surface area contributed by atoms with Gasteiger partial charge in [-0.25, -0.2) is 4.79 Å². The number of benzene rings is 1. The van der Waals surface area contributed by atoms with Gasteiger partial charge in [0.25, 0.3) is 5.91 Å². The summed E-state index contributed by atoms with van der Waals surface area (Å²) in [6, 6.07) is 5.81. The van der Waals surface area contributed by atoms with E-state index in [9.17, 15) is 19.5 Å². The Labute approximate surface area is 148 Å². The highest BCUT2D eigenvalue weighted by Gasteiger charge is 2.48. The van der Waals surface area contributed by atoms with Gasteiger partial charge in [0.15, 0.2) is 0 Å². The monoisotopic (exact) mass is 366 g/mol. The zero-order chi connectivity index (χ0) is 17.3. The number of carbonyl (C=O) groups is 3. The molecule has 8 heteroatoms. The van der Waals surface area contributed by atoms with E-state index in [-0.39, 0.29) is 17.2 Å². The van der Waals surface area contributed by atoms with Gasteiger partial charge in [0.1, 0.15) is 17.5 Å². The molecule has 2 N–H and O–H groups in total. The van der Waals surface area contributed by atoms with E-state index in [1.807, 2.05) is 24.5 Å². The maximum atomic E-state index is 12.6. The van der Waals surface area contributed by atoms with E-state index >= 15 is 0 Å². The molecule has 0 unspecified atom stereocenters. The second-order valence-electron chi connectivity index (χ2n) is 5.68. The molecule has 1 fully saturated rings. The number of carbonyl (C=O) groups excluding carboxylic acids is 2. The second-order valence-corrected chi connectivity index (χ2v) is 7.78. The maximum Gasteiger partial charge on any atom is 0.326 e. The van der Waals surface area contributed by atoms with Gasteiger partial charge in [-0.05, 0) is 30.1 Å². The SMILES string of the molecule is CSCC[C@H](NC(=O)[C@H]1CS[C@H]2c3ccccc3C(=O)N12)C(=O)O. The van der Waals surface area contributed by atoms with Crippen LogP contribution in [0.25, 0.3) is 0 Å². The second kappa shape index (κ2) is 7.06. The largest absolute Gasteiger partial charge is 0.480 e. The summed E-state index contributed by atoms with van der Waals surface area (Å²) in [5.74, 6) is -0.467. The van der Waals surface area contributed by atoms with Crippen LogP contribution in [0.4, 0.5) is 0 Å². The van der Waals surface area contributed by atoms with Crippen molar-refractivity contribution in [1.29, 1.82) is 0 Å². The molecule has 2 amide bonds. The maximum absolute atomic E-state index is 12.6. The lowest BCUT2D eigenvalue weighted by molar-refractivity contribution is -0.142. The van der Waals surface area contributed by atoms with Crippen molar-refractivity contribution in [1.82, 2.24) is 10.2 Å². The molecule has 1 saturated heterocycles. The lowest BCUT2D eigenvalue weighted by Gasteiger charge is -2.24. The van der Waals surface area contributed by atoms with Crippen molar-refractivity contribution in [3.05, 3.63) is 35.4 Å². The molecule has 1 aromatic carbocycles. The summed E-state index contributed by atoms with van der Waals surface area (Å²) in [6.45, 7) is 0. The van der Waals surface area contributed by atoms with E-state index in [2.05, 4.69) is 5.32 Å². The smallest absolute Gasteiger partial charge is 0.326 e. The lowest BCUT2D eigenvalue weighted by Crippen LogP contribution is -2.51. The molecule has 0 aromatic heterocycles. The van der Waals surface area contributed by atoms with Crippen LogP contribution < -0.4 is 5.32 Å². The average molecular weight is 366 g/mol. The minimum absolute atomic E-state index is 0.154. The van der Waals surface area contributed by atoms with Crippen molar-refractivity contribution in [2.24, 2.45) is 0 Å². The van der Waals surface area contributed by atoms with Crippen LogP contribution >= 0.6 is 23.5 Å². The van der Waals surface area contributed by atoms with Gasteiger partial charge in [-0.15, -0.1) is 11.8 Å². The van der Waals surface area contributed by atoms with Crippen molar-refractivity contribution < 1.29 is 19.5 Å². The first-order chi connectivity index (χ1) is 11.5. The number of amides is 2. The molecule has 0 saturated carbocycles. The lowest BCUT2D eigenvalue weighted by atomic mass is 10.1. The van der Waals surface area contributed by atoms with Gasteiger partial charge in [0.2, 0.25) is 5.91 Å². The van der Waals surface area contributed by atoms with Gasteiger partial charge in [-0.3, -0.25) is 9.59 Å². The average Bonchev–Trinajstić information content (AvgIpc) is 3.12. The van der Waals surface area contributed by atoms with E-state index in [1.54, 1.807) is 22.7 Å². The molecule has 2 aliphatic rings. The summed E-state index contributed by atoms with van der Waals surface area (Å²) in [4.78, 5) is 38.1. The molecule has 2 aliphatic heterocycles. The number of aliphatic carboxylic acids is 1. The molecule has 3 rings (SSSR count). The van der Waals surface area contributed by atoms with Gasteiger partial charge in [0.05, 0.1) is 0 Å². The predicted octanol–water partition coefficient (Wildman–Crippen LogP) is 1.58. The molecule has 0 bridgehead atoms. The molecule has 1 aromatic rings. The summed E-state index contributed by atoms with van der Waals surface area (Å²) < 4.78 is 0. The summed E-state index contributed by atoms with van der Waals surface area (Å²) in [5.41, 5.74) is 1.56. The number of rotatable bonds is 6. The van der Waals surface area contributed by atoms with E-state index in [0.717, 1.165) is 5.56 Å². The Morgan fingerprint density at radius 3 is 2.92 bits per heavy atom. The molecule has 2 heterocycles. The Balaban J connectivity index is 1.74. The van der Waals surface area contributed by atoms with Crippen LogP contribution in [0.2, 0.25) is 0 Å². The first kappa shape index (κ1) is 17.2. The van der Waals surface area contributed by atoms with E-state index in [0.29, 0.717) is 23.5 Å². The minimum atomic E-state index is -1.05. The Hall–Kier alpha value is -1.67. The number of carboxylic acid groups (broad SMARTS) is 1. The molecule has 128 valence electrons. The van der Waals surface area contributed by atoms with E-state index < -0.39 is 18.1 Å². The number of nitrogens with one attached hydrogen (secondary N) is 1. The molecule has 6 nitrogen and oxygen atoms in total. The van der Waals surface area contributed by atoms with Crippen molar-refractivity contribution in [3.8, 4) is 0 Å². The highest BCUT2D eigenvalue weighted by molar-refractivity contribution is 7.99. The van der Waals surface area contributed by atoms with Gasteiger partial charge >= 0.3 is 5.97 Å². The Kier molecular flexibility index (Phi) is 5.05. The molecular weight excluding hydrogens is 348 g/mol. The highest BCUT2D eigenvalue weighted by Crippen LogP contribution is 2.48. The minimum Gasteiger partial charge on any atom is -0.480 e. The van der Waals surface area contributed by atoms with Gasteiger partial charge in [0, 0.05) is 11.3 Å². The first-order valence-corrected chi connectivity index (χ1v) is 10.0. The quantitative estimate of drug-likeness (QED) is 0.795. The van der Waals surface area contributed by atoms with Crippen molar-refractivity contribution >= 4 is 41.3 Å². The van der Waals surface area contributed by atoms with E-state index in [4.69, 9.17) is 0 Å². The summed E-state index contributed by atoms with van der Waals surface area (Å²) in [5, 5.41) is 11.7. The molecular formula is C16H18N2O4S2. The molecule has 24 heavy (non-hydrogen) atoms. The summed E-state index contributed by atoms with van der Waals surface area (Å²) in [7, 11) is 0. The van der Waals surface area contributed by atoms with Gasteiger partial charge in [-0.2, -0.15) is 11.8 Å². The summed E-state index contributed by atoms with van der Waals surface area (Å²) >= 11 is 3.07.